The van der Waals surface area contributed by atoms with Gasteiger partial charge in [0, 0.05) is 11.8 Å². The normalized spacial score (nSPS) is 10.6. The number of furan rings is 1. The molecule has 9 heteroatoms. The number of nitrogens with one attached hydrogen (secondary N) is 1. The number of rotatable bonds is 8. The van der Waals surface area contributed by atoms with E-state index in [1.807, 2.05) is 0 Å². The Morgan fingerprint density at radius 3 is 2.64 bits per heavy atom. The van der Waals surface area contributed by atoms with Crippen LogP contribution in [-0.4, -0.2) is 28.8 Å². The summed E-state index contributed by atoms with van der Waals surface area (Å²) < 4.78 is 31.1. The standard InChI is InChI=1S/C24H20FN3O5/c1-31-24(30)16-6-8-19(9-7-16)32-15-20-10-11-22(33-20)23(29)27-18-12-26-28(14-18)13-17-4-2-3-5-21(17)25/h2-12,14H,13,15H2,1H3,(H,27,29). The third-order valence-corrected chi connectivity index (χ3v) is 4.72. The van der Waals surface area contributed by atoms with Crippen LogP contribution in [0.4, 0.5) is 10.1 Å². The maximum Gasteiger partial charge on any atom is 0.337 e. The average molecular weight is 449 g/mol. The molecule has 2 heterocycles. The highest BCUT2D eigenvalue weighted by Crippen LogP contribution is 2.17. The number of amides is 1. The van der Waals surface area contributed by atoms with Crippen LogP contribution in [0.5, 0.6) is 5.75 Å². The third kappa shape index (κ3) is 5.45. The molecule has 0 atom stereocenters. The summed E-state index contributed by atoms with van der Waals surface area (Å²) >= 11 is 0. The van der Waals surface area contributed by atoms with E-state index >= 15 is 0 Å². The first-order chi connectivity index (χ1) is 16.0. The number of ether oxygens (including phenoxy) is 2. The molecule has 2 aromatic carbocycles. The summed E-state index contributed by atoms with van der Waals surface area (Å²) in [5.74, 6) is -0.102. The van der Waals surface area contributed by atoms with Crippen LogP contribution in [0.3, 0.4) is 0 Å². The van der Waals surface area contributed by atoms with Crippen LogP contribution < -0.4 is 10.1 Å². The van der Waals surface area contributed by atoms with Gasteiger partial charge in [0.25, 0.3) is 5.91 Å². The Kier molecular flexibility index (Phi) is 6.49. The molecule has 4 rings (SSSR count). The van der Waals surface area contributed by atoms with Gasteiger partial charge in [-0.15, -0.1) is 0 Å². The van der Waals surface area contributed by atoms with Crippen LogP contribution in [0, 0.1) is 5.82 Å². The second-order valence-electron chi connectivity index (χ2n) is 7.04. The van der Waals surface area contributed by atoms with Gasteiger partial charge in [0.2, 0.25) is 0 Å². The fourth-order valence-electron chi connectivity index (χ4n) is 3.05. The van der Waals surface area contributed by atoms with Gasteiger partial charge in [-0.05, 0) is 42.5 Å². The van der Waals surface area contributed by atoms with E-state index in [2.05, 4.69) is 15.2 Å². The van der Waals surface area contributed by atoms with Crippen molar-refractivity contribution >= 4 is 17.6 Å². The first kappa shape index (κ1) is 21.8. The smallest absolute Gasteiger partial charge is 0.337 e. The topological polar surface area (TPSA) is 95.6 Å². The van der Waals surface area contributed by atoms with Crippen molar-refractivity contribution < 1.29 is 27.9 Å². The fraction of sp³-hybridized carbons (Fsp3) is 0.125. The minimum Gasteiger partial charge on any atom is -0.486 e. The maximum atomic E-state index is 13.8. The molecular weight excluding hydrogens is 429 g/mol. The van der Waals surface area contributed by atoms with E-state index in [-0.39, 0.29) is 24.7 Å². The van der Waals surface area contributed by atoms with Crippen molar-refractivity contribution in [1.82, 2.24) is 9.78 Å². The van der Waals surface area contributed by atoms with E-state index in [4.69, 9.17) is 9.15 Å². The molecule has 0 fully saturated rings. The second kappa shape index (κ2) is 9.82. The Labute approximate surface area is 188 Å². The first-order valence-corrected chi connectivity index (χ1v) is 9.99. The van der Waals surface area contributed by atoms with E-state index in [0.717, 1.165) is 0 Å². The highest BCUT2D eigenvalue weighted by molar-refractivity contribution is 6.02. The maximum absolute atomic E-state index is 13.8. The number of benzene rings is 2. The largest absolute Gasteiger partial charge is 0.486 e. The lowest BCUT2D eigenvalue weighted by Crippen LogP contribution is -2.10. The molecule has 2 aromatic heterocycles. The average Bonchev–Trinajstić information content (AvgIpc) is 3.49. The second-order valence-corrected chi connectivity index (χ2v) is 7.04. The number of hydrogen-bond acceptors (Lipinski definition) is 6. The van der Waals surface area contributed by atoms with E-state index < -0.39 is 11.9 Å². The lowest BCUT2D eigenvalue weighted by molar-refractivity contribution is 0.0600. The van der Waals surface area contributed by atoms with E-state index in [1.54, 1.807) is 54.7 Å². The minimum absolute atomic E-state index is 0.103. The number of hydrogen-bond donors (Lipinski definition) is 1. The van der Waals surface area contributed by atoms with Crippen LogP contribution in [0.1, 0.15) is 32.2 Å². The van der Waals surface area contributed by atoms with Gasteiger partial charge >= 0.3 is 5.97 Å². The van der Waals surface area contributed by atoms with Crippen molar-refractivity contribution in [3.05, 3.63) is 102 Å². The zero-order valence-electron chi connectivity index (χ0n) is 17.7. The molecule has 4 aromatic rings. The van der Waals surface area contributed by atoms with Crippen molar-refractivity contribution in [2.24, 2.45) is 0 Å². The summed E-state index contributed by atoms with van der Waals surface area (Å²) in [6.07, 6.45) is 3.08. The molecule has 1 N–H and O–H groups in total. The Balaban J connectivity index is 1.31. The summed E-state index contributed by atoms with van der Waals surface area (Å²) in [6.45, 7) is 0.344. The molecule has 0 unspecified atom stereocenters. The molecule has 0 aliphatic rings. The molecule has 0 aliphatic heterocycles. The number of anilines is 1. The fourth-order valence-corrected chi connectivity index (χ4v) is 3.05. The van der Waals surface area contributed by atoms with Crippen LogP contribution in [-0.2, 0) is 17.9 Å². The summed E-state index contributed by atoms with van der Waals surface area (Å²) in [4.78, 5) is 23.9. The van der Waals surface area contributed by atoms with E-state index in [1.165, 1.54) is 30.1 Å². The minimum atomic E-state index is -0.450. The van der Waals surface area contributed by atoms with Crippen LogP contribution in [0.25, 0.3) is 0 Å². The monoisotopic (exact) mass is 449 g/mol. The number of esters is 1. The zero-order valence-corrected chi connectivity index (χ0v) is 17.7. The van der Waals surface area contributed by atoms with E-state index in [9.17, 15) is 14.0 Å². The molecule has 168 valence electrons. The van der Waals surface area contributed by atoms with Gasteiger partial charge in [-0.3, -0.25) is 9.48 Å². The lowest BCUT2D eigenvalue weighted by atomic mass is 10.2. The molecule has 1 amide bonds. The third-order valence-electron chi connectivity index (χ3n) is 4.72. The summed E-state index contributed by atoms with van der Waals surface area (Å²) in [5.41, 5.74) is 1.37. The molecule has 8 nitrogen and oxygen atoms in total. The zero-order chi connectivity index (χ0) is 23.2. The van der Waals surface area contributed by atoms with Crippen molar-refractivity contribution in [2.45, 2.75) is 13.2 Å². The number of carbonyl (C=O) groups excluding carboxylic acids is 2. The predicted octanol–water partition coefficient (Wildman–Crippen LogP) is 4.28. The van der Waals surface area contributed by atoms with Crippen molar-refractivity contribution in [3.8, 4) is 5.75 Å². The SMILES string of the molecule is COC(=O)c1ccc(OCc2ccc(C(=O)Nc3cnn(Cc4ccccc4F)c3)o2)cc1. The van der Waals surface area contributed by atoms with Gasteiger partial charge in [-0.2, -0.15) is 5.10 Å². The summed E-state index contributed by atoms with van der Waals surface area (Å²) in [6, 6.07) is 16.1. The molecule has 0 saturated heterocycles. The van der Waals surface area contributed by atoms with Gasteiger partial charge < -0.3 is 19.2 Å². The van der Waals surface area contributed by atoms with Crippen LogP contribution in [0.15, 0.2) is 77.5 Å². The number of nitrogens with zero attached hydrogens (tertiary/aromatic N) is 2. The molecule has 0 radical (unpaired) electrons. The van der Waals surface area contributed by atoms with Crippen LogP contribution >= 0.6 is 0 Å². The van der Waals surface area contributed by atoms with Gasteiger partial charge in [0.05, 0.1) is 31.1 Å². The lowest BCUT2D eigenvalue weighted by Gasteiger charge is -2.05. The number of carbonyl (C=O) groups is 2. The molecular formula is C24H20FN3O5. The van der Waals surface area contributed by atoms with E-state index in [0.29, 0.717) is 28.3 Å². The highest BCUT2D eigenvalue weighted by atomic mass is 19.1. The Bertz CT molecular complexity index is 1260. The Morgan fingerprint density at radius 1 is 1.09 bits per heavy atom. The number of aromatic nitrogens is 2. The van der Waals surface area contributed by atoms with Gasteiger partial charge in [0.1, 0.15) is 23.9 Å². The number of methoxy groups -OCH3 is 1. The van der Waals surface area contributed by atoms with Gasteiger partial charge in [-0.1, -0.05) is 18.2 Å². The predicted molar refractivity (Wildman–Crippen MR) is 117 cm³/mol. The summed E-state index contributed by atoms with van der Waals surface area (Å²) in [7, 11) is 1.31. The molecule has 0 bridgehead atoms. The van der Waals surface area contributed by atoms with Crippen molar-refractivity contribution in [3.63, 3.8) is 0 Å². The van der Waals surface area contributed by atoms with Crippen LogP contribution in [0.2, 0.25) is 0 Å². The first-order valence-electron chi connectivity index (χ1n) is 9.99. The van der Waals surface area contributed by atoms with Gasteiger partial charge in [0.15, 0.2) is 5.76 Å². The van der Waals surface area contributed by atoms with Gasteiger partial charge in [-0.25, -0.2) is 9.18 Å². The molecule has 0 aliphatic carbocycles. The molecule has 33 heavy (non-hydrogen) atoms. The Hall–Kier alpha value is -4.40. The van der Waals surface area contributed by atoms with Crippen molar-refractivity contribution in [2.75, 3.05) is 12.4 Å². The Morgan fingerprint density at radius 2 is 1.88 bits per heavy atom. The quantitative estimate of drug-likeness (QED) is 0.404. The number of halogens is 1. The van der Waals surface area contributed by atoms with Crippen molar-refractivity contribution in [1.29, 1.82) is 0 Å². The molecule has 0 spiro atoms. The summed E-state index contributed by atoms with van der Waals surface area (Å²) in [5, 5.41) is 6.84. The molecule has 0 saturated carbocycles. The highest BCUT2D eigenvalue weighted by Gasteiger charge is 2.14.